The molecule has 0 aromatic carbocycles. The van der Waals surface area contributed by atoms with Crippen molar-refractivity contribution in [2.24, 2.45) is 0 Å². The van der Waals surface area contributed by atoms with E-state index in [1.807, 2.05) is 19.9 Å². The fraction of sp³-hybridized carbons (Fsp3) is 0.562. The molecule has 0 fully saturated rings. The second-order valence-electron chi connectivity index (χ2n) is 4.92. The fourth-order valence-corrected chi connectivity index (χ4v) is 1.49. The van der Waals surface area contributed by atoms with Gasteiger partial charge in [-0.2, -0.15) is 0 Å². The Balaban J connectivity index is 4.24. The maximum Gasteiger partial charge on any atom is 0.333 e. The van der Waals surface area contributed by atoms with Gasteiger partial charge in [-0.15, -0.1) is 0 Å². The van der Waals surface area contributed by atoms with E-state index in [4.69, 9.17) is 4.74 Å². The molecule has 0 aliphatic carbocycles. The minimum atomic E-state index is -0.238. The molecule has 102 valence electrons. The van der Waals surface area contributed by atoms with E-state index in [2.05, 4.69) is 26.8 Å². The maximum absolute atomic E-state index is 11.5. The molecule has 0 aromatic heterocycles. The van der Waals surface area contributed by atoms with Gasteiger partial charge in [-0.1, -0.05) is 23.3 Å². The topological polar surface area (TPSA) is 26.3 Å². The van der Waals surface area contributed by atoms with E-state index >= 15 is 0 Å². The zero-order valence-corrected chi connectivity index (χ0v) is 12.5. The van der Waals surface area contributed by atoms with Crippen molar-refractivity contribution >= 4 is 5.97 Å². The molecule has 0 spiro atoms. The molecule has 0 aromatic rings. The van der Waals surface area contributed by atoms with Crippen LogP contribution < -0.4 is 0 Å². The predicted octanol–water partition coefficient (Wildman–Crippen LogP) is 4.58. The second kappa shape index (κ2) is 8.73. The molecule has 0 bridgehead atoms. The van der Waals surface area contributed by atoms with E-state index in [1.165, 1.54) is 11.1 Å². The summed E-state index contributed by atoms with van der Waals surface area (Å²) in [6.45, 7) is 11.8. The van der Waals surface area contributed by atoms with Crippen LogP contribution in [0.25, 0.3) is 0 Å². The average molecular weight is 250 g/mol. The molecule has 1 atom stereocenters. The Morgan fingerprint density at radius 1 is 1.22 bits per heavy atom. The number of hydrogen-bond acceptors (Lipinski definition) is 2. The number of rotatable bonds is 6. The van der Waals surface area contributed by atoms with Crippen LogP contribution in [-0.4, -0.2) is 12.1 Å². The molecular formula is C16H26O2. The maximum atomic E-state index is 11.5. The van der Waals surface area contributed by atoms with Gasteiger partial charge in [0.25, 0.3) is 0 Å². The summed E-state index contributed by atoms with van der Waals surface area (Å²) >= 11 is 0. The summed E-state index contributed by atoms with van der Waals surface area (Å²) in [7, 11) is 0. The van der Waals surface area contributed by atoms with Crippen molar-refractivity contribution in [2.45, 2.75) is 60.5 Å². The van der Waals surface area contributed by atoms with Gasteiger partial charge in [-0.25, -0.2) is 4.79 Å². The van der Waals surface area contributed by atoms with E-state index in [0.29, 0.717) is 5.57 Å². The van der Waals surface area contributed by atoms with Crippen molar-refractivity contribution in [1.82, 2.24) is 0 Å². The Hall–Kier alpha value is -1.31. The van der Waals surface area contributed by atoms with Crippen molar-refractivity contribution in [1.29, 1.82) is 0 Å². The SMILES string of the molecule is CC=C(C)C(=O)OC(C)C=C(C)CCC=C(C)C. The van der Waals surface area contributed by atoms with E-state index in [-0.39, 0.29) is 12.1 Å². The first-order valence-electron chi connectivity index (χ1n) is 6.51. The number of esters is 1. The lowest BCUT2D eigenvalue weighted by Crippen LogP contribution is -2.13. The molecule has 0 rings (SSSR count). The van der Waals surface area contributed by atoms with Crippen molar-refractivity contribution in [2.75, 3.05) is 0 Å². The minimum absolute atomic E-state index is 0.167. The Kier molecular flexibility index (Phi) is 8.10. The lowest BCUT2D eigenvalue weighted by atomic mass is 10.1. The van der Waals surface area contributed by atoms with Crippen LogP contribution in [0.15, 0.2) is 34.9 Å². The van der Waals surface area contributed by atoms with Gasteiger partial charge >= 0.3 is 5.97 Å². The van der Waals surface area contributed by atoms with Gasteiger partial charge in [-0.05, 0) is 60.5 Å². The van der Waals surface area contributed by atoms with Crippen LogP contribution in [0.2, 0.25) is 0 Å². The summed E-state index contributed by atoms with van der Waals surface area (Å²) in [5, 5.41) is 0. The molecule has 0 N–H and O–H groups in total. The normalized spacial score (nSPS) is 14.1. The Morgan fingerprint density at radius 2 is 1.83 bits per heavy atom. The molecule has 1 unspecified atom stereocenters. The smallest absolute Gasteiger partial charge is 0.333 e. The third-order valence-electron chi connectivity index (χ3n) is 2.66. The van der Waals surface area contributed by atoms with Gasteiger partial charge in [0.1, 0.15) is 6.10 Å². The van der Waals surface area contributed by atoms with Crippen LogP contribution in [-0.2, 0) is 9.53 Å². The summed E-state index contributed by atoms with van der Waals surface area (Å²) in [6.07, 6.45) is 7.88. The zero-order chi connectivity index (χ0) is 14.1. The number of carbonyl (C=O) groups is 1. The average Bonchev–Trinajstić information content (AvgIpc) is 2.26. The first-order chi connectivity index (χ1) is 8.36. The van der Waals surface area contributed by atoms with Crippen LogP contribution >= 0.6 is 0 Å². The third-order valence-corrected chi connectivity index (χ3v) is 2.66. The van der Waals surface area contributed by atoms with E-state index < -0.39 is 0 Å². The molecule has 2 heteroatoms. The van der Waals surface area contributed by atoms with E-state index in [9.17, 15) is 4.79 Å². The van der Waals surface area contributed by atoms with Crippen LogP contribution in [0, 0.1) is 0 Å². The summed E-state index contributed by atoms with van der Waals surface area (Å²) in [5.41, 5.74) is 3.24. The highest BCUT2D eigenvalue weighted by atomic mass is 16.5. The van der Waals surface area contributed by atoms with Crippen molar-refractivity contribution in [3.63, 3.8) is 0 Å². The quantitative estimate of drug-likeness (QED) is 0.392. The van der Waals surface area contributed by atoms with E-state index in [1.54, 1.807) is 13.0 Å². The van der Waals surface area contributed by atoms with Gasteiger partial charge in [0.05, 0.1) is 0 Å². The zero-order valence-electron chi connectivity index (χ0n) is 12.5. The van der Waals surface area contributed by atoms with Gasteiger partial charge < -0.3 is 4.74 Å². The summed E-state index contributed by atoms with van der Waals surface area (Å²) in [5.74, 6) is -0.238. The third kappa shape index (κ3) is 7.88. The molecule has 0 saturated carbocycles. The Bertz CT molecular complexity index is 355. The van der Waals surface area contributed by atoms with Crippen molar-refractivity contribution < 1.29 is 9.53 Å². The van der Waals surface area contributed by atoms with Crippen molar-refractivity contribution in [3.8, 4) is 0 Å². The monoisotopic (exact) mass is 250 g/mol. The van der Waals surface area contributed by atoms with Crippen LogP contribution in [0.3, 0.4) is 0 Å². The summed E-state index contributed by atoms with van der Waals surface area (Å²) < 4.78 is 5.30. The molecule has 0 saturated heterocycles. The lowest BCUT2D eigenvalue weighted by molar-refractivity contribution is -0.141. The highest BCUT2D eigenvalue weighted by molar-refractivity contribution is 5.87. The highest BCUT2D eigenvalue weighted by Gasteiger charge is 2.08. The molecule has 2 nitrogen and oxygen atoms in total. The van der Waals surface area contributed by atoms with Crippen LogP contribution in [0.1, 0.15) is 54.4 Å². The summed E-state index contributed by atoms with van der Waals surface area (Å²) in [4.78, 5) is 11.5. The first kappa shape index (κ1) is 16.7. The molecule has 0 aliphatic heterocycles. The van der Waals surface area contributed by atoms with E-state index in [0.717, 1.165) is 12.8 Å². The highest BCUT2D eigenvalue weighted by Crippen LogP contribution is 2.10. The number of allylic oxidation sites excluding steroid dienone is 4. The molecular weight excluding hydrogens is 224 g/mol. The number of carbonyl (C=O) groups excluding carboxylic acids is 1. The van der Waals surface area contributed by atoms with Crippen LogP contribution in [0.4, 0.5) is 0 Å². The Labute approximate surface area is 111 Å². The molecule has 18 heavy (non-hydrogen) atoms. The predicted molar refractivity (Wildman–Crippen MR) is 77.4 cm³/mol. The van der Waals surface area contributed by atoms with Gasteiger partial charge in [-0.3, -0.25) is 0 Å². The molecule has 0 aliphatic rings. The second-order valence-corrected chi connectivity index (χ2v) is 4.92. The molecule has 0 heterocycles. The number of ether oxygens (including phenoxy) is 1. The van der Waals surface area contributed by atoms with Gasteiger partial charge in [0, 0.05) is 5.57 Å². The number of hydrogen-bond donors (Lipinski definition) is 0. The molecule has 0 amide bonds. The van der Waals surface area contributed by atoms with Gasteiger partial charge in [0.15, 0.2) is 0 Å². The standard InChI is InChI=1S/C16H26O2/c1-7-14(5)16(17)18-15(6)11-13(4)10-8-9-12(2)3/h7,9,11,15H,8,10H2,1-6H3. The largest absolute Gasteiger partial charge is 0.455 e. The Morgan fingerprint density at radius 3 is 2.33 bits per heavy atom. The first-order valence-corrected chi connectivity index (χ1v) is 6.51. The summed E-state index contributed by atoms with van der Waals surface area (Å²) in [6, 6.07) is 0. The molecule has 0 radical (unpaired) electrons. The lowest BCUT2D eigenvalue weighted by Gasteiger charge is -2.11. The van der Waals surface area contributed by atoms with Crippen molar-refractivity contribution in [3.05, 3.63) is 34.9 Å². The fourth-order valence-electron chi connectivity index (χ4n) is 1.49. The van der Waals surface area contributed by atoms with Crippen LogP contribution in [0.5, 0.6) is 0 Å². The van der Waals surface area contributed by atoms with Gasteiger partial charge in [0.2, 0.25) is 0 Å². The minimum Gasteiger partial charge on any atom is -0.455 e.